The van der Waals surface area contributed by atoms with Crippen LogP contribution in [0.15, 0.2) is 6.07 Å². The van der Waals surface area contributed by atoms with Gasteiger partial charge >= 0.3 is 5.97 Å². The highest BCUT2D eigenvalue weighted by molar-refractivity contribution is 6.32. The number of carboxylic acids is 1. The molecule has 3 N–H and O–H groups in total. The first-order chi connectivity index (χ1) is 7.93. The Balaban J connectivity index is 3.53. The number of ether oxygens (including phenoxy) is 2. The highest BCUT2D eigenvalue weighted by atomic mass is 35.5. The summed E-state index contributed by atoms with van der Waals surface area (Å²) in [6, 6.07) is 0.408. The van der Waals surface area contributed by atoms with Gasteiger partial charge in [-0.2, -0.15) is 0 Å². The van der Waals surface area contributed by atoms with Gasteiger partial charge in [0.1, 0.15) is 6.04 Å². The van der Waals surface area contributed by atoms with E-state index in [2.05, 4.69) is 0 Å². The third-order valence-corrected chi connectivity index (χ3v) is 2.90. The summed E-state index contributed by atoms with van der Waals surface area (Å²) in [5, 5.41) is 9.23. The molecule has 0 radical (unpaired) electrons. The Morgan fingerprint density at radius 2 is 2.06 bits per heavy atom. The van der Waals surface area contributed by atoms with Gasteiger partial charge in [-0.25, -0.2) is 0 Å². The molecule has 0 saturated carbocycles. The molecule has 0 aliphatic heterocycles. The first kappa shape index (κ1) is 13.6. The predicted molar refractivity (Wildman–Crippen MR) is 63.9 cm³/mol. The molecule has 1 atom stereocenters. The van der Waals surface area contributed by atoms with Crippen LogP contribution in [0.25, 0.3) is 0 Å². The lowest BCUT2D eigenvalue weighted by molar-refractivity contribution is -0.138. The van der Waals surface area contributed by atoms with E-state index in [0.29, 0.717) is 11.3 Å². The molecule has 1 unspecified atom stereocenters. The van der Waals surface area contributed by atoms with Crippen molar-refractivity contribution in [2.24, 2.45) is 5.73 Å². The van der Waals surface area contributed by atoms with Crippen LogP contribution in [0, 0.1) is 6.92 Å². The maximum absolute atomic E-state index is 11.0. The van der Waals surface area contributed by atoms with Crippen LogP contribution >= 0.6 is 11.6 Å². The Kier molecular flexibility index (Phi) is 4.20. The normalized spacial score (nSPS) is 12.1. The van der Waals surface area contributed by atoms with Crippen LogP contribution in [0.4, 0.5) is 0 Å². The van der Waals surface area contributed by atoms with Gasteiger partial charge < -0.3 is 20.3 Å². The summed E-state index contributed by atoms with van der Waals surface area (Å²) in [5.74, 6) is -0.531. The third kappa shape index (κ3) is 2.45. The lowest BCUT2D eigenvalue weighted by Crippen LogP contribution is -2.22. The number of benzene rings is 1. The van der Waals surface area contributed by atoms with Crippen molar-refractivity contribution >= 4 is 17.6 Å². The monoisotopic (exact) mass is 259 g/mol. The highest BCUT2D eigenvalue weighted by Crippen LogP contribution is 2.41. The second-order valence-electron chi connectivity index (χ2n) is 3.47. The number of aliphatic carboxylic acids is 1. The predicted octanol–water partition coefficient (Wildman–Crippen LogP) is 1.75. The van der Waals surface area contributed by atoms with Gasteiger partial charge in [0.2, 0.25) is 0 Å². The summed E-state index contributed by atoms with van der Waals surface area (Å²) < 4.78 is 10.2. The molecule has 1 rings (SSSR count). The summed E-state index contributed by atoms with van der Waals surface area (Å²) >= 11 is 6.07. The number of methoxy groups -OCH3 is 2. The molecule has 1 aromatic rings. The standard InChI is InChI=1S/C11H14ClNO4/c1-5-4-6(16-2)10(17-3)7(8(5)12)9(13)11(14)15/h4,9H,13H2,1-3H3,(H,14,15). The number of hydrogen-bond acceptors (Lipinski definition) is 4. The minimum atomic E-state index is -1.26. The van der Waals surface area contributed by atoms with E-state index in [1.165, 1.54) is 14.2 Å². The van der Waals surface area contributed by atoms with Gasteiger partial charge in [-0.3, -0.25) is 4.79 Å². The highest BCUT2D eigenvalue weighted by Gasteiger charge is 2.26. The second kappa shape index (κ2) is 5.25. The number of halogens is 1. The molecule has 0 aliphatic carbocycles. The van der Waals surface area contributed by atoms with Crippen LogP contribution in [-0.4, -0.2) is 25.3 Å². The Bertz CT molecular complexity index is 448. The van der Waals surface area contributed by atoms with E-state index in [-0.39, 0.29) is 16.3 Å². The molecule has 5 nitrogen and oxygen atoms in total. The van der Waals surface area contributed by atoms with Crippen molar-refractivity contribution in [1.29, 1.82) is 0 Å². The molecule has 0 saturated heterocycles. The van der Waals surface area contributed by atoms with Gasteiger partial charge in [0.15, 0.2) is 11.5 Å². The van der Waals surface area contributed by atoms with E-state index in [4.69, 9.17) is 31.9 Å². The van der Waals surface area contributed by atoms with Crippen LogP contribution in [0.2, 0.25) is 5.02 Å². The van der Waals surface area contributed by atoms with Crippen LogP contribution in [-0.2, 0) is 4.79 Å². The fourth-order valence-electron chi connectivity index (χ4n) is 1.53. The lowest BCUT2D eigenvalue weighted by Gasteiger charge is -2.18. The molecule has 17 heavy (non-hydrogen) atoms. The summed E-state index contributed by atoms with van der Waals surface area (Å²) in [4.78, 5) is 11.0. The van der Waals surface area contributed by atoms with Gasteiger partial charge in [0.25, 0.3) is 0 Å². The topological polar surface area (TPSA) is 81.8 Å². The molecule has 0 heterocycles. The average Bonchev–Trinajstić information content (AvgIpc) is 2.30. The third-order valence-electron chi connectivity index (χ3n) is 2.40. The summed E-state index contributed by atoms with van der Waals surface area (Å²) in [5.41, 5.74) is 6.49. The largest absolute Gasteiger partial charge is 0.493 e. The number of carboxylic acid groups (broad SMARTS) is 1. The van der Waals surface area contributed by atoms with E-state index >= 15 is 0 Å². The molecule has 1 aromatic carbocycles. The number of carbonyl (C=O) groups is 1. The zero-order valence-corrected chi connectivity index (χ0v) is 10.5. The van der Waals surface area contributed by atoms with E-state index in [1.54, 1.807) is 13.0 Å². The van der Waals surface area contributed by atoms with Crippen molar-refractivity contribution in [3.8, 4) is 11.5 Å². The van der Waals surface area contributed by atoms with E-state index in [1.807, 2.05) is 0 Å². The number of aryl methyl sites for hydroxylation is 1. The summed E-state index contributed by atoms with van der Waals surface area (Å²) in [6.07, 6.45) is 0. The Labute approximate surface area is 104 Å². The second-order valence-corrected chi connectivity index (χ2v) is 3.85. The molecule has 94 valence electrons. The van der Waals surface area contributed by atoms with Gasteiger partial charge in [-0.05, 0) is 18.6 Å². The lowest BCUT2D eigenvalue weighted by atomic mass is 10.0. The van der Waals surface area contributed by atoms with Gasteiger partial charge in [0, 0.05) is 5.56 Å². The first-order valence-corrected chi connectivity index (χ1v) is 5.21. The van der Waals surface area contributed by atoms with Gasteiger partial charge in [-0.15, -0.1) is 0 Å². The maximum Gasteiger partial charge on any atom is 0.325 e. The molecule has 6 heteroatoms. The number of hydrogen-bond donors (Lipinski definition) is 2. The SMILES string of the molecule is COc1cc(C)c(Cl)c(C(N)C(=O)O)c1OC. The number of nitrogens with two attached hydrogens (primary N) is 1. The Morgan fingerprint density at radius 1 is 1.47 bits per heavy atom. The Morgan fingerprint density at radius 3 is 2.47 bits per heavy atom. The van der Waals surface area contributed by atoms with E-state index < -0.39 is 12.0 Å². The van der Waals surface area contributed by atoms with Gasteiger partial charge in [-0.1, -0.05) is 11.6 Å². The van der Waals surface area contributed by atoms with Crippen molar-refractivity contribution in [3.05, 3.63) is 22.2 Å². The van der Waals surface area contributed by atoms with Crippen LogP contribution in [0.3, 0.4) is 0 Å². The van der Waals surface area contributed by atoms with Crippen LogP contribution in [0.5, 0.6) is 11.5 Å². The molecule has 0 aromatic heterocycles. The van der Waals surface area contributed by atoms with Crippen LogP contribution < -0.4 is 15.2 Å². The van der Waals surface area contributed by atoms with Gasteiger partial charge in [0.05, 0.1) is 19.2 Å². The van der Waals surface area contributed by atoms with Crippen molar-refractivity contribution < 1.29 is 19.4 Å². The summed E-state index contributed by atoms with van der Waals surface area (Å²) in [6.45, 7) is 1.74. The van der Waals surface area contributed by atoms with Crippen molar-refractivity contribution in [2.45, 2.75) is 13.0 Å². The smallest absolute Gasteiger partial charge is 0.325 e. The van der Waals surface area contributed by atoms with Crippen molar-refractivity contribution in [1.82, 2.24) is 0 Å². The molecule has 0 aliphatic rings. The molecular formula is C11H14ClNO4. The van der Waals surface area contributed by atoms with Crippen LogP contribution in [0.1, 0.15) is 17.2 Å². The van der Waals surface area contributed by atoms with Crippen molar-refractivity contribution in [3.63, 3.8) is 0 Å². The fraction of sp³-hybridized carbons (Fsp3) is 0.364. The van der Waals surface area contributed by atoms with E-state index in [0.717, 1.165) is 0 Å². The molecular weight excluding hydrogens is 246 g/mol. The maximum atomic E-state index is 11.0. The summed E-state index contributed by atoms with van der Waals surface area (Å²) in [7, 11) is 2.86. The minimum Gasteiger partial charge on any atom is -0.493 e. The van der Waals surface area contributed by atoms with E-state index in [9.17, 15) is 4.79 Å². The quantitative estimate of drug-likeness (QED) is 0.861. The minimum absolute atomic E-state index is 0.221. The zero-order chi connectivity index (χ0) is 13.2. The zero-order valence-electron chi connectivity index (χ0n) is 9.78. The molecule has 0 spiro atoms. The molecule has 0 fully saturated rings. The fourth-order valence-corrected chi connectivity index (χ4v) is 1.79. The first-order valence-electron chi connectivity index (χ1n) is 4.83. The molecule has 0 amide bonds. The molecule has 0 bridgehead atoms. The number of rotatable bonds is 4. The van der Waals surface area contributed by atoms with Crippen molar-refractivity contribution in [2.75, 3.05) is 14.2 Å². The Hall–Kier alpha value is -1.46. The average molecular weight is 260 g/mol.